The van der Waals surface area contributed by atoms with Gasteiger partial charge in [-0.15, -0.1) is 0 Å². The Balaban J connectivity index is 1.90. The minimum Gasteiger partial charge on any atom is -0.544 e. The van der Waals surface area contributed by atoms with Crippen LogP contribution in [0, 0.1) is 0 Å². The smallest absolute Gasteiger partial charge is 0.250 e. The van der Waals surface area contributed by atoms with Crippen LogP contribution in [0.4, 0.5) is 0 Å². The maximum absolute atomic E-state index is 6.34. The molecule has 0 saturated carbocycles. The molecule has 0 aliphatic rings. The van der Waals surface area contributed by atoms with Gasteiger partial charge in [-0.25, -0.2) is 0 Å². The molecule has 1 heterocycles. The van der Waals surface area contributed by atoms with Crippen LogP contribution < -0.4 is 4.43 Å². The maximum atomic E-state index is 6.34. The van der Waals surface area contributed by atoms with Gasteiger partial charge in [0, 0.05) is 5.56 Å². The lowest BCUT2D eigenvalue weighted by molar-refractivity contribution is 0.492. The van der Waals surface area contributed by atoms with E-state index in [1.165, 1.54) is 11.7 Å². The molecule has 0 unspecified atom stereocenters. The summed E-state index contributed by atoms with van der Waals surface area (Å²) in [7, 11) is -1.80. The molecule has 0 saturated heterocycles. The molecule has 5 heteroatoms. The lowest BCUT2D eigenvalue weighted by Crippen LogP contribution is -2.43. The average molecular weight is 343 g/mol. The van der Waals surface area contributed by atoms with Crippen molar-refractivity contribution in [2.24, 2.45) is 0 Å². The summed E-state index contributed by atoms with van der Waals surface area (Å²) >= 11 is 1.26. The SMILES string of the molecule is CC(C)(C)[Si](C)(C)Oc1ccc(-c2cccc3nsnc23)cc1. The van der Waals surface area contributed by atoms with Crippen molar-refractivity contribution in [1.82, 2.24) is 8.75 Å². The van der Waals surface area contributed by atoms with E-state index in [1.54, 1.807) is 0 Å². The van der Waals surface area contributed by atoms with E-state index in [1.807, 2.05) is 12.1 Å². The molecular weight excluding hydrogens is 320 g/mol. The second-order valence-corrected chi connectivity index (χ2v) is 12.6. The molecule has 0 aliphatic carbocycles. The first-order valence-electron chi connectivity index (χ1n) is 7.79. The summed E-state index contributed by atoms with van der Waals surface area (Å²) in [5, 5.41) is 0.198. The minimum atomic E-state index is -1.80. The zero-order valence-corrected chi connectivity index (χ0v) is 16.1. The molecule has 0 aliphatic heterocycles. The van der Waals surface area contributed by atoms with Gasteiger partial charge in [-0.3, -0.25) is 0 Å². The van der Waals surface area contributed by atoms with Crippen LogP contribution in [0.15, 0.2) is 42.5 Å². The molecule has 3 aromatic rings. The Hall–Kier alpha value is -1.72. The van der Waals surface area contributed by atoms with E-state index in [4.69, 9.17) is 4.43 Å². The Bertz CT molecular complexity index is 819. The van der Waals surface area contributed by atoms with Crippen molar-refractivity contribution in [1.29, 1.82) is 0 Å². The Morgan fingerprint density at radius 3 is 2.30 bits per heavy atom. The van der Waals surface area contributed by atoms with Crippen LogP contribution in [0.25, 0.3) is 22.2 Å². The molecule has 0 fully saturated rings. The highest BCUT2D eigenvalue weighted by Crippen LogP contribution is 2.38. The van der Waals surface area contributed by atoms with Crippen molar-refractivity contribution in [2.45, 2.75) is 38.9 Å². The molecule has 0 amide bonds. The number of benzene rings is 2. The zero-order valence-electron chi connectivity index (χ0n) is 14.3. The standard InChI is InChI=1S/C18H22N2OSSi/c1-18(2,3)23(4,5)21-14-11-9-13(10-12-14)15-7-6-8-16-17(15)20-22-19-16/h6-12H,1-5H3. The highest BCUT2D eigenvalue weighted by molar-refractivity contribution is 7.00. The van der Waals surface area contributed by atoms with Gasteiger partial charge in [0.25, 0.3) is 0 Å². The van der Waals surface area contributed by atoms with Crippen molar-refractivity contribution >= 4 is 31.1 Å². The fourth-order valence-electron chi connectivity index (χ4n) is 2.19. The Labute approximate surface area is 142 Å². The Morgan fingerprint density at radius 1 is 0.957 bits per heavy atom. The number of rotatable bonds is 3. The third-order valence-corrected chi connectivity index (χ3v) is 9.53. The van der Waals surface area contributed by atoms with Crippen molar-refractivity contribution < 1.29 is 4.43 Å². The molecule has 0 radical (unpaired) electrons. The van der Waals surface area contributed by atoms with E-state index in [0.29, 0.717) is 0 Å². The number of aromatic nitrogens is 2. The highest BCUT2D eigenvalue weighted by Gasteiger charge is 2.38. The third kappa shape index (κ3) is 3.16. The second kappa shape index (κ2) is 5.73. The molecule has 120 valence electrons. The van der Waals surface area contributed by atoms with Crippen LogP contribution in [0.5, 0.6) is 5.75 Å². The molecule has 0 atom stereocenters. The normalized spacial score (nSPS) is 12.6. The van der Waals surface area contributed by atoms with E-state index < -0.39 is 8.32 Å². The van der Waals surface area contributed by atoms with E-state index in [9.17, 15) is 0 Å². The first-order chi connectivity index (χ1) is 10.8. The molecule has 0 spiro atoms. The molecule has 0 N–H and O–H groups in total. The van der Waals surface area contributed by atoms with Crippen molar-refractivity contribution in [2.75, 3.05) is 0 Å². The van der Waals surface area contributed by atoms with Crippen molar-refractivity contribution in [3.05, 3.63) is 42.5 Å². The summed E-state index contributed by atoms with van der Waals surface area (Å²) in [6.07, 6.45) is 0. The second-order valence-electron chi connectivity index (χ2n) is 7.32. The van der Waals surface area contributed by atoms with Crippen molar-refractivity contribution in [3.8, 4) is 16.9 Å². The van der Waals surface area contributed by atoms with Gasteiger partial charge in [0.05, 0.1) is 11.7 Å². The van der Waals surface area contributed by atoms with Crippen LogP contribution in [-0.2, 0) is 0 Å². The fourth-order valence-corrected chi connectivity index (χ4v) is 3.77. The lowest BCUT2D eigenvalue weighted by atomic mass is 10.0. The van der Waals surface area contributed by atoms with Gasteiger partial charge in [-0.05, 0) is 41.9 Å². The highest BCUT2D eigenvalue weighted by atomic mass is 32.1. The molecular formula is C18H22N2OSSi. The summed E-state index contributed by atoms with van der Waals surface area (Å²) in [6.45, 7) is 11.3. The van der Waals surface area contributed by atoms with Gasteiger partial charge in [0.15, 0.2) is 0 Å². The summed E-state index contributed by atoms with van der Waals surface area (Å²) < 4.78 is 15.1. The number of fused-ring (bicyclic) bond motifs is 1. The molecule has 2 aromatic carbocycles. The number of hydrogen-bond acceptors (Lipinski definition) is 4. The largest absolute Gasteiger partial charge is 0.544 e. The number of hydrogen-bond donors (Lipinski definition) is 0. The van der Waals surface area contributed by atoms with E-state index in [0.717, 1.165) is 27.9 Å². The van der Waals surface area contributed by atoms with Crippen molar-refractivity contribution in [3.63, 3.8) is 0 Å². The van der Waals surface area contributed by atoms with Crippen LogP contribution in [0.3, 0.4) is 0 Å². The summed E-state index contributed by atoms with van der Waals surface area (Å²) in [4.78, 5) is 0. The van der Waals surface area contributed by atoms with Gasteiger partial charge in [0.1, 0.15) is 16.8 Å². The average Bonchev–Trinajstić information content (AvgIpc) is 2.95. The molecule has 23 heavy (non-hydrogen) atoms. The van der Waals surface area contributed by atoms with Crippen LogP contribution in [0.2, 0.25) is 18.1 Å². The first-order valence-corrected chi connectivity index (χ1v) is 11.4. The topological polar surface area (TPSA) is 35.0 Å². The van der Waals surface area contributed by atoms with Crippen LogP contribution in [0.1, 0.15) is 20.8 Å². The molecule has 1 aromatic heterocycles. The monoisotopic (exact) mass is 342 g/mol. The first kappa shape index (κ1) is 16.1. The Kier molecular flexibility index (Phi) is 4.02. The molecule has 0 bridgehead atoms. The van der Waals surface area contributed by atoms with E-state index >= 15 is 0 Å². The predicted molar refractivity (Wildman–Crippen MR) is 101 cm³/mol. The van der Waals surface area contributed by atoms with Gasteiger partial charge in [0.2, 0.25) is 8.32 Å². The van der Waals surface area contributed by atoms with Gasteiger partial charge >= 0.3 is 0 Å². The summed E-state index contributed by atoms with van der Waals surface area (Å²) in [6, 6.07) is 14.5. The Morgan fingerprint density at radius 2 is 1.65 bits per heavy atom. The quantitative estimate of drug-likeness (QED) is 0.569. The molecule has 3 rings (SSSR count). The summed E-state index contributed by atoms with van der Waals surface area (Å²) in [5.41, 5.74) is 4.19. The fraction of sp³-hybridized carbons (Fsp3) is 0.333. The maximum Gasteiger partial charge on any atom is 0.250 e. The predicted octanol–water partition coefficient (Wildman–Crippen LogP) is 5.74. The lowest BCUT2D eigenvalue weighted by Gasteiger charge is -2.36. The molecule has 3 nitrogen and oxygen atoms in total. The van der Waals surface area contributed by atoms with E-state index in [2.05, 4.69) is 72.9 Å². The van der Waals surface area contributed by atoms with Crippen LogP contribution in [-0.4, -0.2) is 17.1 Å². The zero-order chi connectivity index (χ0) is 16.7. The van der Waals surface area contributed by atoms with Crippen LogP contribution >= 0.6 is 11.7 Å². The third-order valence-electron chi connectivity index (χ3n) is 4.63. The minimum absolute atomic E-state index is 0.198. The van der Waals surface area contributed by atoms with Gasteiger partial charge in [-0.1, -0.05) is 45.0 Å². The number of nitrogens with zero attached hydrogens (tertiary/aromatic N) is 2. The van der Waals surface area contributed by atoms with Gasteiger partial charge < -0.3 is 4.43 Å². The van der Waals surface area contributed by atoms with E-state index in [-0.39, 0.29) is 5.04 Å². The van der Waals surface area contributed by atoms with Gasteiger partial charge in [-0.2, -0.15) is 8.75 Å². The summed E-state index contributed by atoms with van der Waals surface area (Å²) in [5.74, 6) is 0.948.